The molecule has 20 heavy (non-hydrogen) atoms. The van der Waals surface area contributed by atoms with Crippen LogP contribution in [0.2, 0.25) is 0 Å². The summed E-state index contributed by atoms with van der Waals surface area (Å²) in [6, 6.07) is 1.50. The van der Waals surface area contributed by atoms with Crippen molar-refractivity contribution in [3.63, 3.8) is 0 Å². The van der Waals surface area contributed by atoms with Crippen LogP contribution in [0.3, 0.4) is 0 Å². The minimum absolute atomic E-state index is 0.0270. The Morgan fingerprint density at radius 3 is 2.80 bits per heavy atom. The highest BCUT2D eigenvalue weighted by atomic mass is 32.2. The van der Waals surface area contributed by atoms with E-state index in [0.29, 0.717) is 11.5 Å². The molecule has 0 aliphatic heterocycles. The molecule has 0 amide bonds. The van der Waals surface area contributed by atoms with Gasteiger partial charge in [-0.1, -0.05) is 0 Å². The smallest absolute Gasteiger partial charge is 0.246 e. The minimum Gasteiger partial charge on any atom is -0.337 e. The molecule has 2 aromatic heterocycles. The van der Waals surface area contributed by atoms with Gasteiger partial charge in [0.1, 0.15) is 10.7 Å². The Morgan fingerprint density at radius 1 is 1.45 bits per heavy atom. The molecule has 0 fully saturated rings. The average molecular weight is 296 g/mol. The van der Waals surface area contributed by atoms with Gasteiger partial charge in [-0.3, -0.25) is 10.8 Å². The number of nitrogens with zero attached hydrogens (tertiary/aromatic N) is 4. The molecule has 0 saturated heterocycles. The van der Waals surface area contributed by atoms with Gasteiger partial charge in [-0.05, 0) is 6.07 Å². The van der Waals surface area contributed by atoms with Crippen LogP contribution in [-0.2, 0) is 23.6 Å². The van der Waals surface area contributed by atoms with Gasteiger partial charge in [0.25, 0.3) is 0 Å². The van der Waals surface area contributed by atoms with Gasteiger partial charge in [-0.25, -0.2) is 13.4 Å². The summed E-state index contributed by atoms with van der Waals surface area (Å²) in [6.45, 7) is 0.157. The maximum Gasteiger partial charge on any atom is 0.246 e. The molecule has 0 aliphatic carbocycles. The molecule has 0 bridgehead atoms. The van der Waals surface area contributed by atoms with Crippen LogP contribution in [-0.4, -0.2) is 34.3 Å². The molecule has 2 aromatic rings. The molecule has 8 nitrogen and oxygen atoms in total. The normalized spacial score (nSPS) is 11.8. The van der Waals surface area contributed by atoms with E-state index in [1.165, 1.54) is 29.8 Å². The molecule has 0 unspecified atom stereocenters. The van der Waals surface area contributed by atoms with Crippen LogP contribution >= 0.6 is 0 Å². The number of hydrazine groups is 1. The number of hydrogen-bond acceptors (Lipinski definition) is 6. The van der Waals surface area contributed by atoms with Crippen molar-refractivity contribution < 1.29 is 8.42 Å². The Kier molecular flexibility index (Phi) is 4.02. The molecule has 0 aliphatic rings. The molecule has 0 atom stereocenters. The van der Waals surface area contributed by atoms with E-state index >= 15 is 0 Å². The summed E-state index contributed by atoms with van der Waals surface area (Å²) in [5.41, 5.74) is 2.66. The summed E-state index contributed by atoms with van der Waals surface area (Å²) in [5.74, 6) is 5.97. The molecule has 2 rings (SSSR count). The molecule has 0 spiro atoms. The van der Waals surface area contributed by atoms with Gasteiger partial charge in [0.15, 0.2) is 0 Å². The van der Waals surface area contributed by atoms with E-state index < -0.39 is 10.0 Å². The van der Waals surface area contributed by atoms with E-state index in [1.54, 1.807) is 24.0 Å². The lowest BCUT2D eigenvalue weighted by Gasteiger charge is -2.18. The van der Waals surface area contributed by atoms with E-state index in [9.17, 15) is 8.42 Å². The van der Waals surface area contributed by atoms with Crippen molar-refractivity contribution >= 4 is 15.7 Å². The number of aryl methyl sites for hydroxylation is 1. The van der Waals surface area contributed by atoms with Gasteiger partial charge in [0.2, 0.25) is 10.0 Å². The fraction of sp³-hybridized carbons (Fsp3) is 0.273. The van der Waals surface area contributed by atoms with Gasteiger partial charge in [0.05, 0.1) is 12.2 Å². The SMILES string of the molecule is CN(Cc1nccn1C)S(=O)(=O)c1cnccc1NN. The van der Waals surface area contributed by atoms with Gasteiger partial charge in [-0.15, -0.1) is 0 Å². The molecule has 2 heterocycles. The summed E-state index contributed by atoms with van der Waals surface area (Å²) >= 11 is 0. The lowest BCUT2D eigenvalue weighted by molar-refractivity contribution is 0.451. The number of nitrogen functional groups attached to an aromatic ring is 1. The summed E-state index contributed by atoms with van der Waals surface area (Å²) in [6.07, 6.45) is 6.10. The molecule has 9 heteroatoms. The number of rotatable bonds is 5. The maximum atomic E-state index is 12.5. The number of pyridine rings is 1. The van der Waals surface area contributed by atoms with E-state index in [-0.39, 0.29) is 11.4 Å². The van der Waals surface area contributed by atoms with Gasteiger partial charge >= 0.3 is 0 Å². The monoisotopic (exact) mass is 296 g/mol. The van der Waals surface area contributed by atoms with E-state index in [2.05, 4.69) is 15.4 Å². The predicted molar refractivity (Wildman–Crippen MR) is 73.9 cm³/mol. The summed E-state index contributed by atoms with van der Waals surface area (Å²) in [4.78, 5) is 7.97. The number of imidazole rings is 1. The highest BCUT2D eigenvalue weighted by Crippen LogP contribution is 2.22. The Bertz CT molecular complexity index is 696. The van der Waals surface area contributed by atoms with Gasteiger partial charge < -0.3 is 9.99 Å². The third-order valence-corrected chi connectivity index (χ3v) is 4.74. The van der Waals surface area contributed by atoms with Crippen LogP contribution in [0, 0.1) is 0 Å². The first kappa shape index (κ1) is 14.4. The van der Waals surface area contributed by atoms with Gasteiger partial charge in [-0.2, -0.15) is 4.31 Å². The van der Waals surface area contributed by atoms with Crippen LogP contribution in [0.5, 0.6) is 0 Å². The largest absolute Gasteiger partial charge is 0.337 e. The van der Waals surface area contributed by atoms with Crippen LogP contribution in [0.15, 0.2) is 35.7 Å². The minimum atomic E-state index is -3.70. The number of sulfonamides is 1. The number of hydrogen-bond donors (Lipinski definition) is 2. The average Bonchev–Trinajstić information content (AvgIpc) is 2.84. The van der Waals surface area contributed by atoms with Crippen molar-refractivity contribution in [2.45, 2.75) is 11.4 Å². The maximum absolute atomic E-state index is 12.5. The van der Waals surface area contributed by atoms with E-state index in [0.717, 1.165) is 0 Å². The van der Waals surface area contributed by atoms with Crippen molar-refractivity contribution in [1.29, 1.82) is 0 Å². The number of nitrogens with two attached hydrogens (primary N) is 1. The molecule has 0 aromatic carbocycles. The lowest BCUT2D eigenvalue weighted by atomic mass is 10.4. The summed E-state index contributed by atoms with van der Waals surface area (Å²) in [5, 5.41) is 0. The van der Waals surface area contributed by atoms with Crippen LogP contribution in [0.25, 0.3) is 0 Å². The Balaban J connectivity index is 2.32. The number of anilines is 1. The Hall–Kier alpha value is -1.97. The topological polar surface area (TPSA) is 106 Å². The van der Waals surface area contributed by atoms with E-state index in [1.807, 2.05) is 0 Å². The molecule has 0 saturated carbocycles. The first-order valence-electron chi connectivity index (χ1n) is 5.80. The first-order valence-corrected chi connectivity index (χ1v) is 7.24. The first-order chi connectivity index (χ1) is 9.46. The third-order valence-electron chi connectivity index (χ3n) is 2.91. The second-order valence-corrected chi connectivity index (χ2v) is 6.24. The third kappa shape index (κ3) is 2.64. The van der Waals surface area contributed by atoms with Crippen molar-refractivity contribution in [3.05, 3.63) is 36.7 Å². The Morgan fingerprint density at radius 2 is 2.20 bits per heavy atom. The molecular weight excluding hydrogens is 280 g/mol. The predicted octanol–water partition coefficient (Wildman–Crippen LogP) is -0.0786. The second kappa shape index (κ2) is 5.57. The van der Waals surface area contributed by atoms with Crippen molar-refractivity contribution in [3.8, 4) is 0 Å². The Labute approximate surface area is 117 Å². The zero-order valence-electron chi connectivity index (χ0n) is 11.2. The molecule has 0 radical (unpaired) electrons. The molecule has 3 N–H and O–H groups in total. The van der Waals surface area contributed by atoms with Crippen LogP contribution in [0.1, 0.15) is 5.82 Å². The fourth-order valence-electron chi connectivity index (χ4n) is 1.71. The van der Waals surface area contributed by atoms with Crippen LogP contribution in [0.4, 0.5) is 5.69 Å². The van der Waals surface area contributed by atoms with Crippen molar-refractivity contribution in [1.82, 2.24) is 18.8 Å². The molecular formula is C11H16N6O2S. The fourth-order valence-corrected chi connectivity index (χ4v) is 2.93. The quantitative estimate of drug-likeness (QED) is 0.590. The standard InChI is InChI=1S/C11H16N6O2S/c1-16-6-5-14-11(16)8-17(2)20(18,19)10-7-13-4-3-9(10)15-12/h3-7H,8,12H2,1-2H3,(H,13,15). The number of aromatic nitrogens is 3. The van der Waals surface area contributed by atoms with Crippen LogP contribution < -0.4 is 11.3 Å². The van der Waals surface area contributed by atoms with Gasteiger partial charge in [0, 0.05) is 38.9 Å². The summed E-state index contributed by atoms with van der Waals surface area (Å²) < 4.78 is 28.0. The van der Waals surface area contributed by atoms with Crippen molar-refractivity contribution in [2.75, 3.05) is 12.5 Å². The molecule has 108 valence electrons. The lowest BCUT2D eigenvalue weighted by Crippen LogP contribution is -2.29. The van der Waals surface area contributed by atoms with E-state index in [4.69, 9.17) is 5.84 Å². The zero-order chi connectivity index (χ0) is 14.8. The summed E-state index contributed by atoms with van der Waals surface area (Å²) in [7, 11) is -0.411. The van der Waals surface area contributed by atoms with Crippen molar-refractivity contribution in [2.24, 2.45) is 12.9 Å². The second-order valence-electron chi connectivity index (χ2n) is 4.23. The zero-order valence-corrected chi connectivity index (χ0v) is 12.0. The highest BCUT2D eigenvalue weighted by molar-refractivity contribution is 7.89. The number of nitrogens with one attached hydrogen (secondary N) is 1. The highest BCUT2D eigenvalue weighted by Gasteiger charge is 2.25.